The molecule has 2 aromatic carbocycles. The third kappa shape index (κ3) is 3.88. The van der Waals surface area contributed by atoms with Crippen molar-refractivity contribution in [3.63, 3.8) is 0 Å². The summed E-state index contributed by atoms with van der Waals surface area (Å²) in [6, 6.07) is 10.1. The molecule has 2 rings (SSSR count). The van der Waals surface area contributed by atoms with E-state index in [1.807, 2.05) is 18.2 Å². The molecule has 1 N–H and O–H groups in total. The van der Waals surface area contributed by atoms with E-state index in [-0.39, 0.29) is 5.82 Å². The van der Waals surface area contributed by atoms with E-state index in [2.05, 4.69) is 47.8 Å². The lowest BCUT2D eigenvalue weighted by atomic mass is 10.0. The summed E-state index contributed by atoms with van der Waals surface area (Å²) in [7, 11) is 0. The molecule has 0 aromatic heterocycles. The summed E-state index contributed by atoms with van der Waals surface area (Å²) in [5, 5.41) is 10.3. The molecule has 0 aliphatic heterocycles. The second kappa shape index (κ2) is 6.48. The Hall–Kier alpha value is -0.230. The van der Waals surface area contributed by atoms with Crippen LogP contribution in [0, 0.1) is 5.82 Å². The molecule has 0 amide bonds. The van der Waals surface area contributed by atoms with Crippen LogP contribution in [0.25, 0.3) is 0 Å². The van der Waals surface area contributed by atoms with Crippen LogP contribution in [0.5, 0.6) is 0 Å². The van der Waals surface area contributed by atoms with E-state index in [0.29, 0.717) is 6.42 Å². The first-order valence-corrected chi connectivity index (χ1v) is 7.92. The van der Waals surface area contributed by atoms with Crippen LogP contribution in [0.1, 0.15) is 17.2 Å². The highest BCUT2D eigenvalue weighted by Gasteiger charge is 2.14. The Kier molecular flexibility index (Phi) is 5.17. The van der Waals surface area contributed by atoms with Gasteiger partial charge in [0.25, 0.3) is 0 Å². The molecular formula is C14H10Br3FO. The number of hydrogen-bond acceptors (Lipinski definition) is 1. The number of halogens is 4. The Labute approximate surface area is 136 Å². The zero-order chi connectivity index (χ0) is 14.0. The first-order valence-electron chi connectivity index (χ1n) is 5.54. The van der Waals surface area contributed by atoms with Crippen LogP contribution in [-0.2, 0) is 6.42 Å². The Morgan fingerprint density at radius 3 is 2.42 bits per heavy atom. The average molecular weight is 453 g/mol. The van der Waals surface area contributed by atoms with E-state index < -0.39 is 6.10 Å². The van der Waals surface area contributed by atoms with Crippen molar-refractivity contribution in [2.24, 2.45) is 0 Å². The summed E-state index contributed by atoms with van der Waals surface area (Å²) < 4.78 is 15.7. The second-order valence-electron chi connectivity index (χ2n) is 4.12. The van der Waals surface area contributed by atoms with Crippen LogP contribution < -0.4 is 0 Å². The van der Waals surface area contributed by atoms with E-state index in [4.69, 9.17) is 0 Å². The van der Waals surface area contributed by atoms with Crippen molar-refractivity contribution in [2.75, 3.05) is 0 Å². The van der Waals surface area contributed by atoms with Gasteiger partial charge in [0.15, 0.2) is 0 Å². The maximum Gasteiger partial charge on any atom is 0.123 e. The third-order valence-corrected chi connectivity index (χ3v) is 4.73. The normalized spacial score (nSPS) is 12.5. The van der Waals surface area contributed by atoms with Gasteiger partial charge >= 0.3 is 0 Å². The van der Waals surface area contributed by atoms with Crippen LogP contribution in [0.15, 0.2) is 49.8 Å². The van der Waals surface area contributed by atoms with Gasteiger partial charge in [-0.05, 0) is 47.5 Å². The highest BCUT2D eigenvalue weighted by Crippen LogP contribution is 2.30. The molecule has 0 saturated carbocycles. The largest absolute Gasteiger partial charge is 0.388 e. The van der Waals surface area contributed by atoms with Gasteiger partial charge < -0.3 is 5.11 Å². The van der Waals surface area contributed by atoms with Crippen LogP contribution >= 0.6 is 47.8 Å². The topological polar surface area (TPSA) is 20.2 Å². The predicted molar refractivity (Wildman–Crippen MR) is 84.6 cm³/mol. The molecule has 5 heteroatoms. The predicted octanol–water partition coefficient (Wildman–Crippen LogP) is 5.39. The lowest BCUT2D eigenvalue weighted by Gasteiger charge is -2.14. The standard InChI is InChI=1S/C14H10Br3FO/c15-9-1-3-13(17)11(7-9)14(19)6-8-5-10(18)2-4-12(8)16/h1-5,7,14,19H,6H2. The molecule has 0 heterocycles. The fourth-order valence-corrected chi connectivity index (χ4v) is 3.09. The van der Waals surface area contributed by atoms with Gasteiger partial charge in [-0.15, -0.1) is 0 Å². The van der Waals surface area contributed by atoms with Crippen LogP contribution in [0.2, 0.25) is 0 Å². The first-order chi connectivity index (χ1) is 8.97. The SMILES string of the molecule is OC(Cc1cc(F)ccc1Br)c1cc(Br)ccc1Br. The summed E-state index contributed by atoms with van der Waals surface area (Å²) in [5.41, 5.74) is 1.50. The molecular weight excluding hydrogens is 443 g/mol. The average Bonchev–Trinajstić information content (AvgIpc) is 2.36. The van der Waals surface area contributed by atoms with Crippen molar-refractivity contribution in [3.05, 3.63) is 66.8 Å². The van der Waals surface area contributed by atoms with Gasteiger partial charge in [-0.25, -0.2) is 4.39 Å². The highest BCUT2D eigenvalue weighted by atomic mass is 79.9. The van der Waals surface area contributed by atoms with Crippen LogP contribution in [-0.4, -0.2) is 5.11 Å². The minimum Gasteiger partial charge on any atom is -0.388 e. The molecule has 19 heavy (non-hydrogen) atoms. The number of benzene rings is 2. The monoisotopic (exact) mass is 450 g/mol. The number of hydrogen-bond donors (Lipinski definition) is 1. The molecule has 0 spiro atoms. The van der Waals surface area contributed by atoms with Gasteiger partial charge in [0, 0.05) is 19.8 Å². The fraction of sp³-hybridized carbons (Fsp3) is 0.143. The number of aliphatic hydroxyl groups excluding tert-OH is 1. The van der Waals surface area contributed by atoms with Crippen molar-refractivity contribution in [1.82, 2.24) is 0 Å². The Bertz CT molecular complexity index is 601. The maximum absolute atomic E-state index is 13.2. The Morgan fingerprint density at radius 2 is 1.68 bits per heavy atom. The molecule has 100 valence electrons. The summed E-state index contributed by atoms with van der Waals surface area (Å²) in [6.07, 6.45) is -0.363. The molecule has 0 aliphatic rings. The van der Waals surface area contributed by atoms with E-state index >= 15 is 0 Å². The summed E-state index contributed by atoms with van der Waals surface area (Å²) in [5.74, 6) is -0.307. The lowest BCUT2D eigenvalue weighted by Crippen LogP contribution is -2.04. The minimum atomic E-state index is -0.704. The second-order valence-corrected chi connectivity index (χ2v) is 6.75. The van der Waals surface area contributed by atoms with Gasteiger partial charge in [-0.1, -0.05) is 47.8 Å². The summed E-state index contributed by atoms with van der Waals surface area (Å²) in [6.45, 7) is 0. The van der Waals surface area contributed by atoms with Gasteiger partial charge in [0.05, 0.1) is 6.10 Å². The van der Waals surface area contributed by atoms with Crippen molar-refractivity contribution in [2.45, 2.75) is 12.5 Å². The summed E-state index contributed by atoms with van der Waals surface area (Å²) in [4.78, 5) is 0. The van der Waals surface area contributed by atoms with Crippen molar-refractivity contribution >= 4 is 47.8 Å². The molecule has 0 bridgehead atoms. The number of aliphatic hydroxyl groups is 1. The van der Waals surface area contributed by atoms with E-state index in [9.17, 15) is 9.50 Å². The van der Waals surface area contributed by atoms with Gasteiger partial charge in [-0.2, -0.15) is 0 Å². The molecule has 2 aromatic rings. The zero-order valence-electron chi connectivity index (χ0n) is 9.71. The van der Waals surface area contributed by atoms with Gasteiger partial charge in [0.2, 0.25) is 0 Å². The minimum absolute atomic E-state index is 0.307. The zero-order valence-corrected chi connectivity index (χ0v) is 14.5. The molecule has 0 fully saturated rings. The molecule has 0 radical (unpaired) electrons. The molecule has 1 atom stereocenters. The quantitative estimate of drug-likeness (QED) is 0.662. The smallest absolute Gasteiger partial charge is 0.123 e. The Morgan fingerprint density at radius 1 is 1.00 bits per heavy atom. The van der Waals surface area contributed by atoms with Crippen LogP contribution in [0.4, 0.5) is 4.39 Å². The van der Waals surface area contributed by atoms with Gasteiger partial charge in [-0.3, -0.25) is 0 Å². The third-order valence-electron chi connectivity index (χ3n) is 2.74. The number of rotatable bonds is 3. The van der Waals surface area contributed by atoms with Crippen molar-refractivity contribution in [3.8, 4) is 0 Å². The van der Waals surface area contributed by atoms with Gasteiger partial charge in [0.1, 0.15) is 5.82 Å². The lowest BCUT2D eigenvalue weighted by molar-refractivity contribution is 0.177. The first kappa shape index (κ1) is 15.2. The highest BCUT2D eigenvalue weighted by molar-refractivity contribution is 9.11. The van der Waals surface area contributed by atoms with E-state index in [1.54, 1.807) is 6.07 Å². The van der Waals surface area contributed by atoms with E-state index in [0.717, 1.165) is 24.5 Å². The fourth-order valence-electron chi connectivity index (χ4n) is 1.79. The molecule has 0 saturated heterocycles. The molecule has 1 nitrogen and oxygen atoms in total. The van der Waals surface area contributed by atoms with Crippen molar-refractivity contribution < 1.29 is 9.50 Å². The Balaban J connectivity index is 2.27. The molecule has 1 unspecified atom stereocenters. The van der Waals surface area contributed by atoms with Crippen LogP contribution in [0.3, 0.4) is 0 Å². The van der Waals surface area contributed by atoms with Crippen molar-refractivity contribution in [1.29, 1.82) is 0 Å². The molecule has 0 aliphatic carbocycles. The summed E-state index contributed by atoms with van der Waals surface area (Å²) >= 11 is 10.2. The maximum atomic E-state index is 13.2. The van der Waals surface area contributed by atoms with E-state index in [1.165, 1.54) is 12.1 Å².